The highest BCUT2D eigenvalue weighted by molar-refractivity contribution is 5.65. The third kappa shape index (κ3) is 3.57. The number of ether oxygens (including phenoxy) is 1. The number of hydrogen-bond acceptors (Lipinski definition) is 5. The molecule has 2 aromatic heterocycles. The third-order valence-corrected chi connectivity index (χ3v) is 2.95. The van der Waals surface area contributed by atoms with E-state index in [9.17, 15) is 0 Å². The highest BCUT2D eigenvalue weighted by Gasteiger charge is 2.05. The zero-order valence-corrected chi connectivity index (χ0v) is 11.5. The smallest absolute Gasteiger partial charge is 0.180 e. The van der Waals surface area contributed by atoms with Crippen molar-refractivity contribution in [3.05, 3.63) is 18.6 Å². The number of rotatable bonds is 8. The number of unbranched alkanes of at least 4 members (excludes halogenated alkanes) is 2. The number of aromatic nitrogens is 3. The second-order valence-electron chi connectivity index (χ2n) is 4.36. The molecule has 0 aliphatic carbocycles. The van der Waals surface area contributed by atoms with E-state index >= 15 is 0 Å². The van der Waals surface area contributed by atoms with E-state index in [0.717, 1.165) is 49.7 Å². The number of anilines is 2. The Morgan fingerprint density at radius 3 is 3.00 bits per heavy atom. The second kappa shape index (κ2) is 6.94. The average Bonchev–Trinajstić information content (AvgIpc) is 2.90. The van der Waals surface area contributed by atoms with E-state index in [1.165, 1.54) is 0 Å². The largest absolute Gasteiger partial charge is 0.385 e. The van der Waals surface area contributed by atoms with Crippen LogP contribution in [0.15, 0.2) is 18.6 Å². The Morgan fingerprint density at radius 2 is 2.21 bits per heavy atom. The first kappa shape index (κ1) is 13.6. The molecule has 0 aromatic carbocycles. The lowest BCUT2D eigenvalue weighted by molar-refractivity contribution is 0.192. The van der Waals surface area contributed by atoms with Gasteiger partial charge in [0.2, 0.25) is 0 Å². The van der Waals surface area contributed by atoms with Gasteiger partial charge in [-0.3, -0.25) is 0 Å². The fourth-order valence-electron chi connectivity index (χ4n) is 1.93. The zero-order chi connectivity index (χ0) is 13.5. The first-order valence-corrected chi connectivity index (χ1v) is 6.59. The summed E-state index contributed by atoms with van der Waals surface area (Å²) in [5.41, 5.74) is 0.857. The Morgan fingerprint density at radius 1 is 1.32 bits per heavy atom. The Hall–Kier alpha value is -1.82. The van der Waals surface area contributed by atoms with Crippen molar-refractivity contribution < 1.29 is 4.74 Å². The Labute approximate surface area is 113 Å². The van der Waals surface area contributed by atoms with Crippen LogP contribution >= 0.6 is 0 Å². The maximum atomic E-state index is 5.03. The summed E-state index contributed by atoms with van der Waals surface area (Å²) in [6.07, 6.45) is 8.97. The summed E-state index contributed by atoms with van der Waals surface area (Å²) in [4.78, 5) is 8.81. The van der Waals surface area contributed by atoms with Crippen molar-refractivity contribution in [3.63, 3.8) is 0 Å². The lowest BCUT2D eigenvalue weighted by Crippen LogP contribution is -2.07. The number of fused-ring (bicyclic) bond motifs is 1. The molecule has 104 valence electrons. The lowest BCUT2D eigenvalue weighted by Gasteiger charge is -2.09. The van der Waals surface area contributed by atoms with Gasteiger partial charge in [0.1, 0.15) is 5.82 Å². The number of hydrogen-bond donors (Lipinski definition) is 2. The summed E-state index contributed by atoms with van der Waals surface area (Å²) in [5, 5.41) is 6.40. The number of nitrogens with one attached hydrogen (secondary N) is 2. The molecule has 6 heteroatoms. The van der Waals surface area contributed by atoms with Gasteiger partial charge in [-0.05, 0) is 19.3 Å². The quantitative estimate of drug-likeness (QED) is 0.713. The summed E-state index contributed by atoms with van der Waals surface area (Å²) in [6, 6.07) is 0. The fourth-order valence-corrected chi connectivity index (χ4v) is 1.93. The van der Waals surface area contributed by atoms with E-state index in [-0.39, 0.29) is 0 Å². The van der Waals surface area contributed by atoms with Crippen LogP contribution in [0.5, 0.6) is 0 Å². The summed E-state index contributed by atoms with van der Waals surface area (Å²) in [7, 11) is 3.60. The van der Waals surface area contributed by atoms with Crippen LogP contribution in [-0.4, -0.2) is 41.7 Å². The van der Waals surface area contributed by atoms with Gasteiger partial charge in [-0.25, -0.2) is 9.97 Å². The van der Waals surface area contributed by atoms with Gasteiger partial charge in [-0.2, -0.15) is 0 Å². The molecule has 6 nitrogen and oxygen atoms in total. The highest BCUT2D eigenvalue weighted by Crippen LogP contribution is 2.16. The SMILES string of the molecule is CNc1cn2ccnc2c(NCCCCCOC)n1. The minimum Gasteiger partial charge on any atom is -0.385 e. The highest BCUT2D eigenvalue weighted by atomic mass is 16.5. The molecule has 0 radical (unpaired) electrons. The molecule has 0 unspecified atom stereocenters. The lowest BCUT2D eigenvalue weighted by atomic mass is 10.2. The molecule has 2 rings (SSSR count). The molecule has 0 amide bonds. The van der Waals surface area contributed by atoms with Gasteiger partial charge in [0.15, 0.2) is 11.5 Å². The van der Waals surface area contributed by atoms with Crippen molar-refractivity contribution in [1.29, 1.82) is 0 Å². The Bertz CT molecular complexity index is 511. The molecule has 0 saturated heterocycles. The van der Waals surface area contributed by atoms with E-state index in [2.05, 4.69) is 20.6 Å². The molecule has 0 atom stereocenters. The van der Waals surface area contributed by atoms with E-state index in [1.807, 2.05) is 23.8 Å². The zero-order valence-electron chi connectivity index (χ0n) is 11.5. The first-order valence-electron chi connectivity index (χ1n) is 6.59. The first-order chi connectivity index (χ1) is 9.35. The van der Waals surface area contributed by atoms with Crippen molar-refractivity contribution in [2.24, 2.45) is 0 Å². The molecule has 19 heavy (non-hydrogen) atoms. The van der Waals surface area contributed by atoms with Gasteiger partial charge in [0.25, 0.3) is 0 Å². The average molecular weight is 263 g/mol. The Kier molecular flexibility index (Phi) is 4.97. The number of methoxy groups -OCH3 is 1. The monoisotopic (exact) mass is 263 g/mol. The van der Waals surface area contributed by atoms with Crippen molar-refractivity contribution in [3.8, 4) is 0 Å². The molecule has 2 heterocycles. The van der Waals surface area contributed by atoms with Gasteiger partial charge in [-0.15, -0.1) is 0 Å². The van der Waals surface area contributed by atoms with Crippen LogP contribution in [0.4, 0.5) is 11.6 Å². The molecule has 0 bridgehead atoms. The van der Waals surface area contributed by atoms with E-state index in [0.29, 0.717) is 0 Å². The molecule has 0 aliphatic rings. The number of imidazole rings is 1. The maximum absolute atomic E-state index is 5.03. The van der Waals surface area contributed by atoms with Gasteiger partial charge in [0.05, 0.1) is 6.20 Å². The Balaban J connectivity index is 1.93. The second-order valence-corrected chi connectivity index (χ2v) is 4.36. The molecule has 0 fully saturated rings. The minimum absolute atomic E-state index is 0.823. The molecule has 0 aliphatic heterocycles. The molecular weight excluding hydrogens is 242 g/mol. The van der Waals surface area contributed by atoms with Crippen molar-refractivity contribution in [2.75, 3.05) is 37.9 Å². The standard InChI is InChI=1S/C13H21N5O/c1-14-11-10-18-8-7-16-13(18)12(17-11)15-6-4-3-5-9-19-2/h7-8,10,14H,3-6,9H2,1-2H3,(H,15,17). The third-order valence-electron chi connectivity index (χ3n) is 2.95. The summed E-state index contributed by atoms with van der Waals surface area (Å²) >= 11 is 0. The predicted molar refractivity (Wildman–Crippen MR) is 76.8 cm³/mol. The van der Waals surface area contributed by atoms with Crippen LogP contribution in [0, 0.1) is 0 Å². The summed E-state index contributed by atoms with van der Waals surface area (Å²) < 4.78 is 6.99. The van der Waals surface area contributed by atoms with Crippen LogP contribution < -0.4 is 10.6 Å². The fraction of sp³-hybridized carbons (Fsp3) is 0.538. The van der Waals surface area contributed by atoms with Crippen LogP contribution in [0.25, 0.3) is 5.65 Å². The van der Waals surface area contributed by atoms with E-state index in [1.54, 1.807) is 13.3 Å². The molecule has 0 saturated carbocycles. The predicted octanol–water partition coefficient (Wildman–Crippen LogP) is 2.00. The topological polar surface area (TPSA) is 63.5 Å². The summed E-state index contributed by atoms with van der Waals surface area (Å²) in [5.74, 6) is 1.65. The maximum Gasteiger partial charge on any atom is 0.180 e. The molecular formula is C13H21N5O. The van der Waals surface area contributed by atoms with Crippen LogP contribution in [0.1, 0.15) is 19.3 Å². The van der Waals surface area contributed by atoms with Crippen LogP contribution in [0.2, 0.25) is 0 Å². The van der Waals surface area contributed by atoms with E-state index < -0.39 is 0 Å². The van der Waals surface area contributed by atoms with Gasteiger partial charge in [-0.1, -0.05) is 0 Å². The van der Waals surface area contributed by atoms with Gasteiger partial charge < -0.3 is 19.8 Å². The molecule has 0 spiro atoms. The van der Waals surface area contributed by atoms with E-state index in [4.69, 9.17) is 4.74 Å². The van der Waals surface area contributed by atoms with Crippen LogP contribution in [-0.2, 0) is 4.74 Å². The van der Waals surface area contributed by atoms with Crippen molar-refractivity contribution in [1.82, 2.24) is 14.4 Å². The van der Waals surface area contributed by atoms with Crippen LogP contribution in [0.3, 0.4) is 0 Å². The van der Waals surface area contributed by atoms with Gasteiger partial charge in [0, 0.05) is 39.7 Å². The molecule has 2 N–H and O–H groups in total. The van der Waals surface area contributed by atoms with Crippen molar-refractivity contribution >= 4 is 17.3 Å². The van der Waals surface area contributed by atoms with Crippen molar-refractivity contribution in [2.45, 2.75) is 19.3 Å². The summed E-state index contributed by atoms with van der Waals surface area (Å²) in [6.45, 7) is 1.73. The molecule has 2 aromatic rings. The normalized spacial score (nSPS) is 10.8. The number of nitrogens with zero attached hydrogens (tertiary/aromatic N) is 3. The van der Waals surface area contributed by atoms with Gasteiger partial charge >= 0.3 is 0 Å². The minimum atomic E-state index is 0.823.